The summed E-state index contributed by atoms with van der Waals surface area (Å²) in [5, 5.41) is 9.32. The molecular weight excluding hydrogens is 116 g/mol. The molecule has 2 aliphatic rings. The molecule has 9 heavy (non-hydrogen) atoms. The maximum atomic E-state index is 9.32. The Morgan fingerprint density at radius 3 is 2.89 bits per heavy atom. The van der Waals surface area contributed by atoms with Gasteiger partial charge in [0.1, 0.15) is 0 Å². The van der Waals surface area contributed by atoms with Crippen molar-refractivity contribution in [3.8, 4) is 0 Å². The number of aliphatic hydroxyl groups excluding tert-OH is 1. The van der Waals surface area contributed by atoms with Crippen LogP contribution in [0.1, 0.15) is 19.3 Å². The van der Waals surface area contributed by atoms with E-state index in [1.807, 2.05) is 0 Å². The van der Waals surface area contributed by atoms with Gasteiger partial charge in [-0.15, -0.1) is 0 Å². The Balaban J connectivity index is 2.07. The Morgan fingerprint density at radius 1 is 1.22 bits per heavy atom. The molecule has 2 fully saturated rings. The van der Waals surface area contributed by atoms with Crippen molar-refractivity contribution in [3.05, 3.63) is 0 Å². The van der Waals surface area contributed by atoms with Crippen molar-refractivity contribution < 1.29 is 9.84 Å². The summed E-state index contributed by atoms with van der Waals surface area (Å²) in [5.74, 6) is 0.477. The zero-order valence-corrected chi connectivity index (χ0v) is 5.42. The third-order valence-corrected chi connectivity index (χ3v) is 2.50. The molecule has 0 radical (unpaired) electrons. The molecule has 0 bridgehead atoms. The molecule has 3 atom stereocenters. The van der Waals surface area contributed by atoms with Crippen LogP contribution in [0.5, 0.6) is 0 Å². The number of fused-ring (bicyclic) bond motifs is 1. The molecule has 2 heteroatoms. The fraction of sp³-hybridized carbons (Fsp3) is 1.00. The third-order valence-electron chi connectivity index (χ3n) is 2.50. The van der Waals surface area contributed by atoms with E-state index >= 15 is 0 Å². The minimum atomic E-state index is -0.0579. The van der Waals surface area contributed by atoms with Gasteiger partial charge in [-0.05, 0) is 19.3 Å². The average Bonchev–Trinajstić information content (AvgIpc) is 2.35. The van der Waals surface area contributed by atoms with E-state index in [0.717, 1.165) is 25.9 Å². The van der Waals surface area contributed by atoms with Crippen LogP contribution in [0, 0.1) is 5.92 Å². The fourth-order valence-corrected chi connectivity index (χ4v) is 1.95. The maximum Gasteiger partial charge on any atom is 0.0629 e. The highest BCUT2D eigenvalue weighted by atomic mass is 16.5. The topological polar surface area (TPSA) is 29.5 Å². The van der Waals surface area contributed by atoms with Crippen LogP contribution in [-0.4, -0.2) is 23.9 Å². The molecule has 1 aliphatic carbocycles. The van der Waals surface area contributed by atoms with Gasteiger partial charge < -0.3 is 9.84 Å². The Labute approximate surface area is 54.8 Å². The SMILES string of the molecule is O[C@@H]1CC[C@@H]2OCC[C@H]12. The Morgan fingerprint density at radius 2 is 2.11 bits per heavy atom. The van der Waals surface area contributed by atoms with Crippen LogP contribution in [0.4, 0.5) is 0 Å². The van der Waals surface area contributed by atoms with Crippen molar-refractivity contribution >= 4 is 0 Å². The molecule has 2 rings (SSSR count). The van der Waals surface area contributed by atoms with E-state index < -0.39 is 0 Å². The molecule has 52 valence electrons. The van der Waals surface area contributed by atoms with Crippen LogP contribution < -0.4 is 0 Å². The third kappa shape index (κ3) is 0.775. The lowest BCUT2D eigenvalue weighted by Crippen LogP contribution is -2.17. The number of rotatable bonds is 0. The number of hydrogen-bond acceptors (Lipinski definition) is 2. The summed E-state index contributed by atoms with van der Waals surface area (Å²) in [6.07, 6.45) is 3.45. The number of ether oxygens (including phenoxy) is 1. The first-order valence-corrected chi connectivity index (χ1v) is 3.67. The van der Waals surface area contributed by atoms with Gasteiger partial charge in [0.2, 0.25) is 0 Å². The Kier molecular flexibility index (Phi) is 1.24. The molecule has 0 aromatic heterocycles. The second-order valence-electron chi connectivity index (χ2n) is 3.01. The van der Waals surface area contributed by atoms with Gasteiger partial charge in [0.05, 0.1) is 12.2 Å². The Bertz CT molecular complexity index is 113. The predicted molar refractivity (Wildman–Crippen MR) is 33.1 cm³/mol. The summed E-state index contributed by atoms with van der Waals surface area (Å²) in [6, 6.07) is 0. The smallest absolute Gasteiger partial charge is 0.0629 e. The quantitative estimate of drug-likeness (QED) is 0.516. The summed E-state index contributed by atoms with van der Waals surface area (Å²) in [6.45, 7) is 0.867. The van der Waals surface area contributed by atoms with Gasteiger partial charge in [0, 0.05) is 12.5 Å². The molecule has 1 saturated carbocycles. The Hall–Kier alpha value is -0.0800. The van der Waals surface area contributed by atoms with Crippen molar-refractivity contribution in [2.45, 2.75) is 31.5 Å². The van der Waals surface area contributed by atoms with Gasteiger partial charge in [-0.1, -0.05) is 0 Å². The first-order chi connectivity index (χ1) is 4.38. The molecule has 0 spiro atoms. The molecule has 2 nitrogen and oxygen atoms in total. The van der Waals surface area contributed by atoms with Crippen molar-refractivity contribution in [3.63, 3.8) is 0 Å². The van der Waals surface area contributed by atoms with E-state index in [1.54, 1.807) is 0 Å². The van der Waals surface area contributed by atoms with Crippen LogP contribution in [0.25, 0.3) is 0 Å². The zero-order valence-electron chi connectivity index (χ0n) is 5.42. The molecule has 1 heterocycles. The molecule has 0 aromatic rings. The monoisotopic (exact) mass is 128 g/mol. The summed E-state index contributed by atoms with van der Waals surface area (Å²) >= 11 is 0. The maximum absolute atomic E-state index is 9.32. The highest BCUT2D eigenvalue weighted by Crippen LogP contribution is 2.35. The summed E-state index contributed by atoms with van der Waals surface area (Å²) in [7, 11) is 0. The van der Waals surface area contributed by atoms with Crippen LogP contribution in [0.2, 0.25) is 0 Å². The average molecular weight is 128 g/mol. The summed E-state index contributed by atoms with van der Waals surface area (Å²) in [4.78, 5) is 0. The van der Waals surface area contributed by atoms with E-state index in [-0.39, 0.29) is 6.10 Å². The van der Waals surface area contributed by atoms with Crippen molar-refractivity contribution in [2.24, 2.45) is 5.92 Å². The lowest BCUT2D eigenvalue weighted by Gasteiger charge is -2.09. The molecule has 1 saturated heterocycles. The first-order valence-electron chi connectivity index (χ1n) is 3.67. The second kappa shape index (κ2) is 1.96. The van der Waals surface area contributed by atoms with Gasteiger partial charge in [0.25, 0.3) is 0 Å². The highest BCUT2D eigenvalue weighted by Gasteiger charge is 2.38. The zero-order chi connectivity index (χ0) is 6.27. The molecule has 1 N–H and O–H groups in total. The normalized spacial score (nSPS) is 49.7. The van der Waals surface area contributed by atoms with E-state index in [9.17, 15) is 5.11 Å². The van der Waals surface area contributed by atoms with Crippen LogP contribution in [-0.2, 0) is 4.74 Å². The van der Waals surface area contributed by atoms with E-state index in [2.05, 4.69) is 0 Å². The number of aliphatic hydroxyl groups is 1. The van der Waals surface area contributed by atoms with Crippen LogP contribution >= 0.6 is 0 Å². The van der Waals surface area contributed by atoms with Crippen LogP contribution in [0.3, 0.4) is 0 Å². The van der Waals surface area contributed by atoms with E-state index in [4.69, 9.17) is 4.74 Å². The summed E-state index contributed by atoms with van der Waals surface area (Å²) < 4.78 is 5.39. The van der Waals surface area contributed by atoms with Crippen molar-refractivity contribution in [1.82, 2.24) is 0 Å². The molecule has 0 aromatic carbocycles. The van der Waals surface area contributed by atoms with E-state index in [1.165, 1.54) is 0 Å². The minimum absolute atomic E-state index is 0.0579. The summed E-state index contributed by atoms with van der Waals surface area (Å²) in [5.41, 5.74) is 0. The van der Waals surface area contributed by atoms with Crippen molar-refractivity contribution in [1.29, 1.82) is 0 Å². The van der Waals surface area contributed by atoms with Gasteiger partial charge in [-0.3, -0.25) is 0 Å². The van der Waals surface area contributed by atoms with Crippen LogP contribution in [0.15, 0.2) is 0 Å². The number of hydrogen-bond donors (Lipinski definition) is 1. The first kappa shape index (κ1) is 5.69. The molecular formula is C7H12O2. The molecule has 0 unspecified atom stereocenters. The predicted octanol–water partition coefficient (Wildman–Crippen LogP) is 0.546. The van der Waals surface area contributed by atoms with Gasteiger partial charge in [-0.25, -0.2) is 0 Å². The standard InChI is InChI=1S/C7H12O2/c8-6-1-2-7-5(6)3-4-9-7/h5-8H,1-4H2/t5-,6-,7+/m1/s1. The van der Waals surface area contributed by atoms with E-state index in [0.29, 0.717) is 12.0 Å². The van der Waals surface area contributed by atoms with Crippen molar-refractivity contribution in [2.75, 3.05) is 6.61 Å². The minimum Gasteiger partial charge on any atom is -0.393 e. The lowest BCUT2D eigenvalue weighted by molar-refractivity contribution is 0.0831. The lowest BCUT2D eigenvalue weighted by atomic mass is 10.0. The fourth-order valence-electron chi connectivity index (χ4n) is 1.95. The van der Waals surface area contributed by atoms with Gasteiger partial charge >= 0.3 is 0 Å². The van der Waals surface area contributed by atoms with Gasteiger partial charge in [0.15, 0.2) is 0 Å². The highest BCUT2D eigenvalue weighted by molar-refractivity contribution is 4.88. The van der Waals surface area contributed by atoms with Gasteiger partial charge in [-0.2, -0.15) is 0 Å². The molecule has 1 aliphatic heterocycles. The second-order valence-corrected chi connectivity index (χ2v) is 3.01. The largest absolute Gasteiger partial charge is 0.393 e. The molecule has 0 amide bonds.